The maximum Gasteiger partial charge on any atom is 0.0620 e. The molecule has 4 heteroatoms. The van der Waals surface area contributed by atoms with Gasteiger partial charge in [-0.2, -0.15) is 0 Å². The molecule has 0 aliphatic rings. The van der Waals surface area contributed by atoms with Crippen LogP contribution in [0.15, 0.2) is 11.6 Å². The first-order valence-corrected chi connectivity index (χ1v) is 2.05. The average molecular weight is 278 g/mol. The molecule has 0 aromatic carbocycles. The molecule has 1 aromatic heterocycles. The third kappa shape index (κ3) is 1.60. The van der Waals surface area contributed by atoms with Crippen molar-refractivity contribution in [2.75, 3.05) is 0 Å². The van der Waals surface area contributed by atoms with Crippen molar-refractivity contribution in [2.45, 2.75) is 0 Å². The van der Waals surface area contributed by atoms with Gasteiger partial charge in [-0.3, -0.25) is 0 Å². The molecule has 0 fully saturated rings. The molecule has 2 nitrogen and oxygen atoms in total. The fraction of sp³-hybridized carbons (Fsp3) is 0. The molecule has 35 valence electrons. The van der Waals surface area contributed by atoms with Gasteiger partial charge in [-0.25, -0.2) is 0 Å². The van der Waals surface area contributed by atoms with Crippen molar-refractivity contribution in [1.82, 2.24) is 9.59 Å². The van der Waals surface area contributed by atoms with Gasteiger partial charge in [0.05, 0.1) is 6.20 Å². The average Bonchev–Trinajstić information content (AvgIpc) is 1.76. The minimum Gasteiger partial charge on any atom is -0.147 e. The summed E-state index contributed by atoms with van der Waals surface area (Å²) in [6.07, 6.45) is 1.66. The smallest absolute Gasteiger partial charge is 0.0620 e. The van der Waals surface area contributed by atoms with Crippen LogP contribution in [-0.4, -0.2) is 9.59 Å². The molecule has 1 aromatic rings. The Kier molecular flexibility index (Phi) is 3.52. The molecular formula is C2H2IrN2S. The fourth-order valence-corrected chi connectivity index (χ4v) is 0.408. The summed E-state index contributed by atoms with van der Waals surface area (Å²) in [7, 11) is 0. The molecular weight excluding hydrogens is 276 g/mol. The molecule has 0 N–H and O–H groups in total. The molecule has 0 aliphatic carbocycles. The van der Waals surface area contributed by atoms with E-state index in [1.54, 1.807) is 6.20 Å². The Bertz CT molecular complexity index is 68.0. The standard InChI is InChI=1S/C2H2N2S.Ir/c1-2-5-4-3-1;/h1-2H;. The van der Waals surface area contributed by atoms with Gasteiger partial charge in [-0.05, 0) is 11.5 Å². The summed E-state index contributed by atoms with van der Waals surface area (Å²) in [4.78, 5) is 0. The second kappa shape index (κ2) is 3.40. The van der Waals surface area contributed by atoms with Crippen LogP contribution in [0.2, 0.25) is 0 Å². The maximum absolute atomic E-state index is 3.51. The van der Waals surface area contributed by atoms with E-state index < -0.39 is 0 Å². The third-order valence-corrected chi connectivity index (χ3v) is 0.715. The summed E-state index contributed by atoms with van der Waals surface area (Å²) in [5, 5.41) is 5.31. The van der Waals surface area contributed by atoms with Crippen molar-refractivity contribution in [3.63, 3.8) is 0 Å². The van der Waals surface area contributed by atoms with Crippen LogP contribution in [0.4, 0.5) is 0 Å². The first kappa shape index (κ1) is 6.21. The number of rotatable bonds is 0. The Labute approximate surface area is 53.1 Å². The molecule has 1 rings (SSSR count). The number of hydrogen-bond acceptors (Lipinski definition) is 3. The van der Waals surface area contributed by atoms with Crippen LogP contribution in [0.5, 0.6) is 0 Å². The summed E-state index contributed by atoms with van der Waals surface area (Å²) < 4.78 is 3.51. The van der Waals surface area contributed by atoms with Gasteiger partial charge in [0.2, 0.25) is 0 Å². The summed E-state index contributed by atoms with van der Waals surface area (Å²) in [6, 6.07) is 0. The van der Waals surface area contributed by atoms with E-state index in [2.05, 4.69) is 9.59 Å². The predicted molar refractivity (Wildman–Crippen MR) is 19.9 cm³/mol. The van der Waals surface area contributed by atoms with Gasteiger partial charge in [0.1, 0.15) is 0 Å². The Hall–Kier alpha value is 0.209. The van der Waals surface area contributed by atoms with Crippen molar-refractivity contribution in [1.29, 1.82) is 0 Å². The van der Waals surface area contributed by atoms with Gasteiger partial charge < -0.3 is 0 Å². The van der Waals surface area contributed by atoms with Crippen LogP contribution in [0.3, 0.4) is 0 Å². The van der Waals surface area contributed by atoms with Crippen LogP contribution in [0.1, 0.15) is 0 Å². The van der Waals surface area contributed by atoms with E-state index in [0.717, 1.165) is 0 Å². The molecule has 0 atom stereocenters. The summed E-state index contributed by atoms with van der Waals surface area (Å²) in [5.41, 5.74) is 0. The van der Waals surface area contributed by atoms with Crippen LogP contribution in [0.25, 0.3) is 0 Å². The van der Waals surface area contributed by atoms with Gasteiger partial charge in [-0.15, -0.1) is 5.10 Å². The molecule has 1 heterocycles. The first-order chi connectivity index (χ1) is 2.50. The Balaban J connectivity index is 0.000000250. The van der Waals surface area contributed by atoms with E-state index in [0.29, 0.717) is 0 Å². The van der Waals surface area contributed by atoms with Crippen LogP contribution >= 0.6 is 11.5 Å². The topological polar surface area (TPSA) is 25.8 Å². The Morgan fingerprint density at radius 1 is 1.50 bits per heavy atom. The molecule has 0 spiro atoms. The minimum atomic E-state index is 0. The molecule has 0 aliphatic heterocycles. The van der Waals surface area contributed by atoms with Crippen LogP contribution in [-0.2, 0) is 20.1 Å². The molecule has 1 radical (unpaired) electrons. The van der Waals surface area contributed by atoms with Gasteiger partial charge in [0.15, 0.2) is 0 Å². The normalized spacial score (nSPS) is 6.67. The van der Waals surface area contributed by atoms with E-state index in [9.17, 15) is 0 Å². The Morgan fingerprint density at radius 3 is 2.50 bits per heavy atom. The van der Waals surface area contributed by atoms with E-state index >= 15 is 0 Å². The Morgan fingerprint density at radius 2 is 2.33 bits per heavy atom. The summed E-state index contributed by atoms with van der Waals surface area (Å²) in [6.45, 7) is 0. The first-order valence-electron chi connectivity index (χ1n) is 1.21. The quantitative estimate of drug-likeness (QED) is 0.692. The van der Waals surface area contributed by atoms with Crippen molar-refractivity contribution < 1.29 is 20.1 Å². The third-order valence-electron chi connectivity index (χ3n) is 0.283. The molecule has 6 heavy (non-hydrogen) atoms. The van der Waals surface area contributed by atoms with E-state index in [1.807, 2.05) is 5.38 Å². The molecule has 0 saturated carbocycles. The van der Waals surface area contributed by atoms with Crippen molar-refractivity contribution in [2.24, 2.45) is 0 Å². The van der Waals surface area contributed by atoms with Crippen molar-refractivity contribution in [3.8, 4) is 0 Å². The SMILES string of the molecule is [Ir].c1csnn1. The molecule has 0 amide bonds. The van der Waals surface area contributed by atoms with Crippen LogP contribution in [0, 0.1) is 0 Å². The summed E-state index contributed by atoms with van der Waals surface area (Å²) in [5.74, 6) is 0. The molecule has 0 unspecified atom stereocenters. The van der Waals surface area contributed by atoms with E-state index in [4.69, 9.17) is 0 Å². The zero-order valence-electron chi connectivity index (χ0n) is 2.79. The van der Waals surface area contributed by atoms with Crippen molar-refractivity contribution >= 4 is 11.5 Å². The van der Waals surface area contributed by atoms with E-state index in [-0.39, 0.29) is 20.1 Å². The number of hydrogen-bond donors (Lipinski definition) is 0. The van der Waals surface area contributed by atoms with Gasteiger partial charge in [0.25, 0.3) is 0 Å². The van der Waals surface area contributed by atoms with Gasteiger partial charge in [0, 0.05) is 25.5 Å². The second-order valence-electron chi connectivity index (χ2n) is 0.588. The zero-order chi connectivity index (χ0) is 3.54. The zero-order valence-corrected chi connectivity index (χ0v) is 6.00. The number of aromatic nitrogens is 2. The monoisotopic (exact) mass is 279 g/mol. The van der Waals surface area contributed by atoms with Gasteiger partial charge >= 0.3 is 0 Å². The molecule has 0 saturated heterocycles. The number of nitrogens with zero attached hydrogens (tertiary/aromatic N) is 2. The predicted octanol–water partition coefficient (Wildman–Crippen LogP) is 0.536. The summed E-state index contributed by atoms with van der Waals surface area (Å²) >= 11 is 1.35. The minimum absolute atomic E-state index is 0. The largest absolute Gasteiger partial charge is 0.147 e. The van der Waals surface area contributed by atoms with Crippen molar-refractivity contribution in [3.05, 3.63) is 11.6 Å². The van der Waals surface area contributed by atoms with Gasteiger partial charge in [-0.1, -0.05) is 4.49 Å². The second-order valence-corrected chi connectivity index (χ2v) is 1.23. The van der Waals surface area contributed by atoms with Crippen LogP contribution < -0.4 is 0 Å². The maximum atomic E-state index is 3.51. The molecule has 0 bridgehead atoms. The fourth-order valence-electron chi connectivity index (χ4n) is 0.136. The van der Waals surface area contributed by atoms with E-state index in [1.165, 1.54) is 11.5 Å².